The summed E-state index contributed by atoms with van der Waals surface area (Å²) < 4.78 is 5.92. The van der Waals surface area contributed by atoms with Gasteiger partial charge in [0.15, 0.2) is 0 Å². The van der Waals surface area contributed by atoms with Crippen molar-refractivity contribution in [2.45, 2.75) is 12.5 Å². The fraction of sp³-hybridized carbons (Fsp3) is 0.250. The van der Waals surface area contributed by atoms with E-state index >= 15 is 0 Å². The van der Waals surface area contributed by atoms with Crippen LogP contribution in [0.4, 0.5) is 0 Å². The summed E-state index contributed by atoms with van der Waals surface area (Å²) in [6.07, 6.45) is 1.03. The fourth-order valence-electron chi connectivity index (χ4n) is 1.99. The molecule has 1 unspecified atom stereocenters. The number of hydrogen-bond donors (Lipinski definition) is 1. The highest BCUT2D eigenvalue weighted by atomic mass is 16.5. The minimum absolute atomic E-state index is 0.121. The van der Waals surface area contributed by atoms with Gasteiger partial charge >= 0.3 is 0 Å². The largest absolute Gasteiger partial charge is 0.367 e. The average molecular weight is 242 g/mol. The quantitative estimate of drug-likeness (QED) is 0.828. The Morgan fingerprint density at radius 2 is 1.50 bits per heavy atom. The third-order valence-electron chi connectivity index (χ3n) is 2.90. The predicted octanol–water partition coefficient (Wildman–Crippen LogP) is 2.23. The third-order valence-corrected chi connectivity index (χ3v) is 2.90. The predicted molar refractivity (Wildman–Crippen MR) is 73.0 cm³/mol. The maximum atomic E-state index is 5.92. The van der Waals surface area contributed by atoms with E-state index in [0.717, 1.165) is 13.0 Å². The molecule has 2 aromatic rings. The van der Waals surface area contributed by atoms with E-state index in [1.54, 1.807) is 0 Å². The number of hydrogen-bond acceptors (Lipinski definition) is 1. The highest BCUT2D eigenvalue weighted by Crippen LogP contribution is 2.21. The molecule has 2 rings (SSSR count). The molecule has 0 saturated carbocycles. The summed E-state index contributed by atoms with van der Waals surface area (Å²) in [5.74, 6) is 0. The molecule has 18 heavy (non-hydrogen) atoms. The molecule has 0 fully saturated rings. The van der Waals surface area contributed by atoms with E-state index in [1.165, 1.54) is 11.1 Å². The van der Waals surface area contributed by atoms with Crippen molar-refractivity contribution in [2.24, 2.45) is 0 Å². The highest BCUT2D eigenvalue weighted by molar-refractivity contribution is 5.22. The first kappa shape index (κ1) is 12.8. The maximum absolute atomic E-state index is 5.92. The van der Waals surface area contributed by atoms with Gasteiger partial charge in [-0.1, -0.05) is 60.7 Å². The zero-order chi connectivity index (χ0) is 12.6. The van der Waals surface area contributed by atoms with Crippen LogP contribution in [0.15, 0.2) is 60.7 Å². The minimum Gasteiger partial charge on any atom is -0.367 e. The van der Waals surface area contributed by atoms with Crippen LogP contribution in [0.25, 0.3) is 0 Å². The lowest BCUT2D eigenvalue weighted by atomic mass is 10.0. The van der Waals surface area contributed by atoms with Gasteiger partial charge in [0.05, 0.1) is 19.3 Å². The van der Waals surface area contributed by atoms with Crippen LogP contribution in [0.1, 0.15) is 17.2 Å². The molecule has 2 nitrogen and oxygen atoms in total. The number of ether oxygens (including phenoxy) is 1. The molecule has 1 atom stereocenters. The SMILES string of the molecule is [NH3+]CCOC(Cc1ccccc1)c1ccccc1. The Hall–Kier alpha value is -1.64. The second-order valence-electron chi connectivity index (χ2n) is 4.31. The van der Waals surface area contributed by atoms with Crippen molar-refractivity contribution in [3.05, 3.63) is 71.8 Å². The van der Waals surface area contributed by atoms with Crippen molar-refractivity contribution in [3.8, 4) is 0 Å². The molecule has 0 saturated heterocycles. The van der Waals surface area contributed by atoms with Crippen LogP contribution in [0.3, 0.4) is 0 Å². The van der Waals surface area contributed by atoms with Gasteiger partial charge in [0, 0.05) is 6.42 Å². The zero-order valence-corrected chi connectivity index (χ0v) is 10.6. The summed E-state index contributed by atoms with van der Waals surface area (Å²) in [4.78, 5) is 0. The van der Waals surface area contributed by atoms with E-state index in [1.807, 2.05) is 12.1 Å². The molecule has 0 aliphatic heterocycles. The van der Waals surface area contributed by atoms with E-state index in [4.69, 9.17) is 4.74 Å². The molecule has 2 aromatic carbocycles. The summed E-state index contributed by atoms with van der Waals surface area (Å²) >= 11 is 0. The molecule has 2 heteroatoms. The van der Waals surface area contributed by atoms with Crippen LogP contribution in [0.5, 0.6) is 0 Å². The first-order valence-electron chi connectivity index (χ1n) is 6.40. The van der Waals surface area contributed by atoms with Gasteiger partial charge in [-0.25, -0.2) is 0 Å². The number of rotatable bonds is 6. The molecule has 0 aliphatic carbocycles. The Bertz CT molecular complexity index is 441. The van der Waals surface area contributed by atoms with Crippen LogP contribution < -0.4 is 5.73 Å². The van der Waals surface area contributed by atoms with Crippen LogP contribution >= 0.6 is 0 Å². The molecule has 0 radical (unpaired) electrons. The molecular formula is C16H20NO+. The molecule has 0 bridgehead atoms. The second-order valence-corrected chi connectivity index (χ2v) is 4.31. The highest BCUT2D eigenvalue weighted by Gasteiger charge is 2.12. The van der Waals surface area contributed by atoms with E-state index in [2.05, 4.69) is 54.3 Å². The topological polar surface area (TPSA) is 36.9 Å². The van der Waals surface area contributed by atoms with Gasteiger partial charge in [-0.3, -0.25) is 0 Å². The van der Waals surface area contributed by atoms with Crippen molar-refractivity contribution in [3.63, 3.8) is 0 Å². The number of benzene rings is 2. The molecule has 94 valence electrons. The first-order chi connectivity index (χ1) is 8.90. The molecule has 3 N–H and O–H groups in total. The van der Waals surface area contributed by atoms with Gasteiger partial charge < -0.3 is 10.5 Å². The molecule has 0 amide bonds. The van der Waals surface area contributed by atoms with E-state index in [-0.39, 0.29) is 6.10 Å². The van der Waals surface area contributed by atoms with Crippen molar-refractivity contribution in [1.29, 1.82) is 0 Å². The summed E-state index contributed by atoms with van der Waals surface area (Å²) in [5.41, 5.74) is 6.37. The Labute approximate surface area is 108 Å². The Balaban J connectivity index is 2.10. The average Bonchev–Trinajstić information content (AvgIpc) is 2.45. The molecule has 0 aromatic heterocycles. The van der Waals surface area contributed by atoms with Gasteiger partial charge in [-0.15, -0.1) is 0 Å². The summed E-state index contributed by atoms with van der Waals surface area (Å²) in [7, 11) is 0. The van der Waals surface area contributed by atoms with E-state index in [0.29, 0.717) is 6.61 Å². The normalized spacial score (nSPS) is 12.3. The van der Waals surface area contributed by atoms with Gasteiger partial charge in [-0.05, 0) is 11.1 Å². The van der Waals surface area contributed by atoms with E-state index in [9.17, 15) is 0 Å². The van der Waals surface area contributed by atoms with Crippen molar-refractivity contribution < 1.29 is 10.5 Å². The Morgan fingerprint density at radius 3 is 2.11 bits per heavy atom. The Kier molecular flexibility index (Phi) is 4.94. The summed E-state index contributed by atoms with van der Waals surface area (Å²) in [6.45, 7) is 1.50. The van der Waals surface area contributed by atoms with Gasteiger partial charge in [0.25, 0.3) is 0 Å². The molecular weight excluding hydrogens is 222 g/mol. The van der Waals surface area contributed by atoms with Crippen LogP contribution in [-0.2, 0) is 11.2 Å². The third kappa shape index (κ3) is 3.69. The molecule has 0 spiro atoms. The van der Waals surface area contributed by atoms with Crippen LogP contribution in [-0.4, -0.2) is 13.2 Å². The van der Waals surface area contributed by atoms with Gasteiger partial charge in [-0.2, -0.15) is 0 Å². The fourth-order valence-corrected chi connectivity index (χ4v) is 1.99. The van der Waals surface area contributed by atoms with Crippen molar-refractivity contribution >= 4 is 0 Å². The molecule has 0 aliphatic rings. The van der Waals surface area contributed by atoms with E-state index < -0.39 is 0 Å². The van der Waals surface area contributed by atoms with Crippen LogP contribution in [0.2, 0.25) is 0 Å². The van der Waals surface area contributed by atoms with Crippen LogP contribution in [0, 0.1) is 0 Å². The lowest BCUT2D eigenvalue weighted by Gasteiger charge is -2.17. The second kappa shape index (κ2) is 6.94. The Morgan fingerprint density at radius 1 is 0.889 bits per heavy atom. The van der Waals surface area contributed by atoms with Crippen molar-refractivity contribution in [2.75, 3.05) is 13.2 Å². The lowest BCUT2D eigenvalue weighted by Crippen LogP contribution is -2.52. The maximum Gasteiger partial charge on any atom is 0.0977 e. The summed E-state index contributed by atoms with van der Waals surface area (Å²) in [5, 5.41) is 0. The van der Waals surface area contributed by atoms with Crippen molar-refractivity contribution in [1.82, 2.24) is 0 Å². The van der Waals surface area contributed by atoms with Gasteiger partial charge in [0.2, 0.25) is 0 Å². The summed E-state index contributed by atoms with van der Waals surface area (Å²) in [6, 6.07) is 20.8. The zero-order valence-electron chi connectivity index (χ0n) is 10.6. The number of quaternary nitrogens is 1. The smallest absolute Gasteiger partial charge is 0.0977 e. The van der Waals surface area contributed by atoms with Gasteiger partial charge in [0.1, 0.15) is 0 Å². The first-order valence-corrected chi connectivity index (χ1v) is 6.40. The standard InChI is InChI=1S/C16H19NO/c17-11-12-18-16(15-9-5-2-6-10-15)13-14-7-3-1-4-8-14/h1-10,16H,11-13,17H2/p+1. The minimum atomic E-state index is 0.121. The lowest BCUT2D eigenvalue weighted by molar-refractivity contribution is -0.375. The monoisotopic (exact) mass is 242 g/mol. The molecule has 0 heterocycles.